The maximum absolute atomic E-state index is 12.6. The summed E-state index contributed by atoms with van der Waals surface area (Å²) in [5, 5.41) is 11.9. The molecule has 198 valence electrons. The molecule has 0 saturated carbocycles. The third-order valence-electron chi connectivity index (χ3n) is 5.63. The van der Waals surface area contributed by atoms with Crippen LogP contribution in [0.4, 0.5) is 5.82 Å². The van der Waals surface area contributed by atoms with Gasteiger partial charge in [-0.1, -0.05) is 68.9 Å². The molecule has 0 radical (unpaired) electrons. The Morgan fingerprint density at radius 2 is 1.50 bits per heavy atom. The van der Waals surface area contributed by atoms with E-state index in [0.29, 0.717) is 30.8 Å². The molecule has 10 heteroatoms. The molecule has 0 aliphatic heterocycles. The number of hydrogen-bond donors (Lipinski definition) is 4. The van der Waals surface area contributed by atoms with E-state index in [9.17, 15) is 14.2 Å². The molecular weight excluding hydrogens is 499 g/mol. The molecule has 1 aromatic heterocycles. The molecule has 1 amide bonds. The predicted octanol–water partition coefficient (Wildman–Crippen LogP) is 6.33. The SMILES string of the molecule is O=C(O)CCCSc1c(-c2ccccc2)ccnc1NC(=O)CCCCCCCCCCP(=O)(O)O. The Morgan fingerprint density at radius 1 is 0.861 bits per heavy atom. The van der Waals surface area contributed by atoms with Gasteiger partial charge in [-0.3, -0.25) is 14.2 Å². The molecule has 0 spiro atoms. The summed E-state index contributed by atoms with van der Waals surface area (Å²) in [6, 6.07) is 11.8. The van der Waals surface area contributed by atoms with Crippen molar-refractivity contribution >= 4 is 37.1 Å². The van der Waals surface area contributed by atoms with E-state index in [4.69, 9.17) is 14.9 Å². The molecule has 0 fully saturated rings. The van der Waals surface area contributed by atoms with Gasteiger partial charge in [0.25, 0.3) is 0 Å². The van der Waals surface area contributed by atoms with Crippen LogP contribution in [-0.4, -0.2) is 43.7 Å². The summed E-state index contributed by atoms with van der Waals surface area (Å²) in [5.74, 6) is 0.216. The number of carboxylic acid groups (broad SMARTS) is 1. The van der Waals surface area contributed by atoms with Crippen LogP contribution in [0.5, 0.6) is 0 Å². The second-order valence-corrected chi connectivity index (χ2v) is 11.6. The fraction of sp³-hybridized carbons (Fsp3) is 0.500. The first-order valence-corrected chi connectivity index (χ1v) is 15.3. The number of hydrogen-bond acceptors (Lipinski definition) is 5. The maximum Gasteiger partial charge on any atom is 0.325 e. The highest BCUT2D eigenvalue weighted by atomic mass is 32.2. The average Bonchev–Trinajstić information content (AvgIpc) is 2.83. The number of nitrogens with zero attached hydrogens (tertiary/aromatic N) is 1. The van der Waals surface area contributed by atoms with Crippen molar-refractivity contribution in [3.63, 3.8) is 0 Å². The molecular formula is C26H37N2O6PS. The third-order valence-corrected chi connectivity index (χ3v) is 7.73. The lowest BCUT2D eigenvalue weighted by Gasteiger charge is -2.14. The first-order chi connectivity index (χ1) is 17.3. The topological polar surface area (TPSA) is 137 Å². The Morgan fingerprint density at radius 3 is 2.14 bits per heavy atom. The molecule has 0 bridgehead atoms. The fourth-order valence-corrected chi connectivity index (χ4v) is 5.49. The quantitative estimate of drug-likeness (QED) is 0.0985. The maximum atomic E-state index is 12.6. The molecule has 0 aliphatic carbocycles. The van der Waals surface area contributed by atoms with E-state index in [2.05, 4.69) is 10.3 Å². The fourth-order valence-electron chi connectivity index (χ4n) is 3.78. The molecule has 1 heterocycles. The number of benzene rings is 1. The highest BCUT2D eigenvalue weighted by Crippen LogP contribution is 2.37. The summed E-state index contributed by atoms with van der Waals surface area (Å²) in [4.78, 5) is 46.5. The zero-order valence-corrected chi connectivity index (χ0v) is 22.3. The molecule has 0 atom stereocenters. The number of carboxylic acids is 1. The van der Waals surface area contributed by atoms with E-state index in [1.54, 1.807) is 6.20 Å². The summed E-state index contributed by atoms with van der Waals surface area (Å²) in [6.07, 6.45) is 9.88. The second kappa shape index (κ2) is 16.5. The Labute approximate surface area is 217 Å². The van der Waals surface area contributed by atoms with Crippen LogP contribution in [0.15, 0.2) is 47.5 Å². The molecule has 2 rings (SSSR count). The minimum Gasteiger partial charge on any atom is -0.481 e. The number of anilines is 1. The number of carbonyl (C=O) groups is 2. The first kappa shape index (κ1) is 30.0. The van der Waals surface area contributed by atoms with E-state index in [1.807, 2.05) is 36.4 Å². The van der Waals surface area contributed by atoms with Crippen LogP contribution >= 0.6 is 19.4 Å². The van der Waals surface area contributed by atoms with Crippen molar-refractivity contribution in [2.24, 2.45) is 0 Å². The molecule has 2 aromatic rings. The van der Waals surface area contributed by atoms with Gasteiger partial charge in [0.05, 0.1) is 4.90 Å². The van der Waals surface area contributed by atoms with Gasteiger partial charge in [0, 0.05) is 30.8 Å². The van der Waals surface area contributed by atoms with Crippen molar-refractivity contribution in [1.29, 1.82) is 0 Å². The molecule has 4 N–H and O–H groups in total. The van der Waals surface area contributed by atoms with Crippen LogP contribution < -0.4 is 5.32 Å². The number of unbranched alkanes of at least 4 members (excludes halogenated alkanes) is 7. The number of aromatic nitrogens is 1. The van der Waals surface area contributed by atoms with Gasteiger partial charge in [0.15, 0.2) is 0 Å². The van der Waals surface area contributed by atoms with Crippen LogP contribution in [0.1, 0.15) is 70.6 Å². The van der Waals surface area contributed by atoms with Crippen molar-refractivity contribution < 1.29 is 29.0 Å². The van der Waals surface area contributed by atoms with Gasteiger partial charge in [-0.25, -0.2) is 4.98 Å². The summed E-state index contributed by atoms with van der Waals surface area (Å²) < 4.78 is 10.8. The van der Waals surface area contributed by atoms with Gasteiger partial charge in [0.2, 0.25) is 5.91 Å². The average molecular weight is 537 g/mol. The summed E-state index contributed by atoms with van der Waals surface area (Å²) in [5.41, 5.74) is 1.97. The van der Waals surface area contributed by atoms with E-state index in [0.717, 1.165) is 61.0 Å². The molecule has 0 saturated heterocycles. The third kappa shape index (κ3) is 12.7. The number of thioether (sulfide) groups is 1. The van der Waals surface area contributed by atoms with Crippen LogP contribution in [0, 0.1) is 0 Å². The van der Waals surface area contributed by atoms with Crippen LogP contribution in [0.3, 0.4) is 0 Å². The van der Waals surface area contributed by atoms with Crippen LogP contribution in [0.2, 0.25) is 0 Å². The molecule has 8 nitrogen and oxygen atoms in total. The number of carbonyl (C=O) groups excluding carboxylic acids is 1. The largest absolute Gasteiger partial charge is 0.481 e. The standard InChI is InChI=1S/C26H37N2O6PS/c29-23(15-10-5-3-1-2-4-6-11-19-35(32,33)34)28-26-25(36-20-12-16-24(30)31)22(17-18-27-26)21-13-8-7-9-14-21/h7-9,13-14,17-18H,1-6,10-12,15-16,19-20H2,(H,30,31)(H,27,28,29)(H2,32,33,34). The van der Waals surface area contributed by atoms with Crippen LogP contribution in [-0.2, 0) is 14.2 Å². The van der Waals surface area contributed by atoms with Crippen molar-refractivity contribution in [1.82, 2.24) is 4.98 Å². The lowest BCUT2D eigenvalue weighted by molar-refractivity contribution is -0.137. The van der Waals surface area contributed by atoms with Crippen molar-refractivity contribution in [3.05, 3.63) is 42.6 Å². The highest BCUT2D eigenvalue weighted by Gasteiger charge is 2.15. The number of rotatable bonds is 18. The Kier molecular flexibility index (Phi) is 13.8. The van der Waals surface area contributed by atoms with Gasteiger partial charge >= 0.3 is 13.6 Å². The van der Waals surface area contributed by atoms with Crippen molar-refractivity contribution in [2.75, 3.05) is 17.2 Å². The minimum atomic E-state index is -3.87. The van der Waals surface area contributed by atoms with Gasteiger partial charge in [-0.05, 0) is 36.6 Å². The second-order valence-electron chi connectivity index (χ2n) is 8.76. The Bertz CT molecular complexity index is 999. The van der Waals surface area contributed by atoms with Gasteiger partial charge < -0.3 is 20.2 Å². The van der Waals surface area contributed by atoms with Gasteiger partial charge in [-0.2, -0.15) is 0 Å². The lowest BCUT2D eigenvalue weighted by atomic mass is 10.1. The van der Waals surface area contributed by atoms with E-state index in [1.165, 1.54) is 11.8 Å². The number of amides is 1. The van der Waals surface area contributed by atoms with Crippen LogP contribution in [0.25, 0.3) is 11.1 Å². The Balaban J connectivity index is 1.80. The zero-order valence-electron chi connectivity index (χ0n) is 20.6. The van der Waals surface area contributed by atoms with Crippen molar-refractivity contribution in [3.8, 4) is 11.1 Å². The van der Waals surface area contributed by atoms with Gasteiger partial charge in [-0.15, -0.1) is 11.8 Å². The van der Waals surface area contributed by atoms with Gasteiger partial charge in [0.1, 0.15) is 5.82 Å². The minimum absolute atomic E-state index is 0.0339. The first-order valence-electron chi connectivity index (χ1n) is 12.5. The van der Waals surface area contributed by atoms with E-state index < -0.39 is 13.6 Å². The number of aliphatic carboxylic acids is 1. The lowest BCUT2D eigenvalue weighted by Crippen LogP contribution is -2.13. The van der Waals surface area contributed by atoms with E-state index in [-0.39, 0.29) is 18.5 Å². The Hall–Kier alpha value is -2.19. The van der Waals surface area contributed by atoms with E-state index >= 15 is 0 Å². The molecule has 36 heavy (non-hydrogen) atoms. The zero-order chi connectivity index (χ0) is 26.2. The molecule has 1 aromatic carbocycles. The van der Waals surface area contributed by atoms with Crippen molar-refractivity contribution in [2.45, 2.75) is 75.5 Å². The monoisotopic (exact) mass is 536 g/mol. The highest BCUT2D eigenvalue weighted by molar-refractivity contribution is 7.99. The predicted molar refractivity (Wildman–Crippen MR) is 144 cm³/mol. The molecule has 0 unspecified atom stereocenters. The normalized spacial score (nSPS) is 11.4. The summed E-state index contributed by atoms with van der Waals surface area (Å²) in [6.45, 7) is 0. The number of pyridine rings is 1. The number of nitrogens with one attached hydrogen (secondary N) is 1. The summed E-state index contributed by atoms with van der Waals surface area (Å²) in [7, 11) is -3.87. The molecule has 0 aliphatic rings. The smallest absolute Gasteiger partial charge is 0.325 e. The summed E-state index contributed by atoms with van der Waals surface area (Å²) >= 11 is 1.51.